The minimum absolute atomic E-state index is 0.0803. The monoisotopic (exact) mass is 314 g/mol. The Hall–Kier alpha value is -0.570. The first-order valence-electron chi connectivity index (χ1n) is 9.44. The first kappa shape index (κ1) is 21.4. The third-order valence-electron chi connectivity index (χ3n) is 3.78. The zero-order valence-electron chi connectivity index (χ0n) is 15.2. The van der Waals surface area contributed by atoms with Crippen LogP contribution in [-0.4, -0.2) is 25.3 Å². The van der Waals surface area contributed by atoms with Crippen LogP contribution >= 0.6 is 0 Å². The molecule has 0 aliphatic carbocycles. The fraction of sp³-hybridized carbons (Fsp3) is 0.947. The molecule has 0 aliphatic rings. The van der Waals surface area contributed by atoms with E-state index in [1.165, 1.54) is 57.8 Å². The van der Waals surface area contributed by atoms with Crippen LogP contribution in [0.2, 0.25) is 0 Å². The van der Waals surface area contributed by atoms with E-state index in [2.05, 4.69) is 6.92 Å². The van der Waals surface area contributed by atoms with Crippen LogP contribution in [0.1, 0.15) is 97.8 Å². The minimum Gasteiger partial charge on any atom is -0.463 e. The Labute approximate surface area is 138 Å². The summed E-state index contributed by atoms with van der Waals surface area (Å²) in [4.78, 5) is 11.5. The Bertz CT molecular complexity index is 239. The molecule has 0 bridgehead atoms. The number of unbranched alkanes of at least 4 members (excludes halogenated alkanes) is 10. The summed E-state index contributed by atoms with van der Waals surface area (Å²) < 4.78 is 10.4. The van der Waals surface area contributed by atoms with Crippen molar-refractivity contribution in [3.63, 3.8) is 0 Å². The van der Waals surface area contributed by atoms with Crippen LogP contribution < -0.4 is 0 Å². The zero-order valence-corrected chi connectivity index (χ0v) is 15.2. The SMILES string of the molecule is CCCCCCCCCCCCCC(=O)OCCOC(C)C. The summed E-state index contributed by atoms with van der Waals surface area (Å²) in [5, 5.41) is 0. The predicted molar refractivity (Wildman–Crippen MR) is 93.1 cm³/mol. The normalized spacial score (nSPS) is 11.1. The molecule has 0 aromatic heterocycles. The van der Waals surface area contributed by atoms with E-state index in [0.29, 0.717) is 19.6 Å². The molecule has 0 spiro atoms. The first-order valence-corrected chi connectivity index (χ1v) is 9.44. The van der Waals surface area contributed by atoms with Crippen LogP contribution in [0.3, 0.4) is 0 Å². The van der Waals surface area contributed by atoms with Gasteiger partial charge in [0.2, 0.25) is 0 Å². The molecule has 0 aromatic rings. The Balaban J connectivity index is 3.14. The van der Waals surface area contributed by atoms with E-state index in [1.807, 2.05) is 13.8 Å². The Morgan fingerprint density at radius 1 is 0.773 bits per heavy atom. The van der Waals surface area contributed by atoms with Gasteiger partial charge in [-0.2, -0.15) is 0 Å². The zero-order chi connectivity index (χ0) is 16.5. The molecule has 0 aliphatic heterocycles. The molecule has 0 amide bonds. The summed E-state index contributed by atoms with van der Waals surface area (Å²) in [6.45, 7) is 7.10. The van der Waals surface area contributed by atoms with Gasteiger partial charge in [-0.1, -0.05) is 71.1 Å². The smallest absolute Gasteiger partial charge is 0.305 e. The number of carbonyl (C=O) groups excluding carboxylic acids is 1. The maximum atomic E-state index is 11.5. The van der Waals surface area contributed by atoms with Gasteiger partial charge in [0.1, 0.15) is 6.61 Å². The molecule has 0 rings (SSSR count). The van der Waals surface area contributed by atoms with Crippen molar-refractivity contribution in [2.75, 3.05) is 13.2 Å². The highest BCUT2D eigenvalue weighted by Gasteiger charge is 2.03. The highest BCUT2D eigenvalue weighted by molar-refractivity contribution is 5.69. The molecule has 22 heavy (non-hydrogen) atoms. The first-order chi connectivity index (χ1) is 10.7. The van der Waals surface area contributed by atoms with Gasteiger partial charge in [-0.3, -0.25) is 4.79 Å². The average molecular weight is 315 g/mol. The van der Waals surface area contributed by atoms with Gasteiger partial charge in [0.15, 0.2) is 0 Å². The standard InChI is InChI=1S/C19H38O3/c1-4-5-6-7-8-9-10-11-12-13-14-15-19(20)22-17-16-21-18(2)3/h18H,4-17H2,1-3H3. The molecule has 3 heteroatoms. The van der Waals surface area contributed by atoms with E-state index < -0.39 is 0 Å². The Morgan fingerprint density at radius 3 is 1.77 bits per heavy atom. The van der Waals surface area contributed by atoms with Crippen molar-refractivity contribution in [2.45, 2.75) is 104 Å². The van der Waals surface area contributed by atoms with Crippen LogP contribution in [0.5, 0.6) is 0 Å². The van der Waals surface area contributed by atoms with Crippen molar-refractivity contribution >= 4 is 5.97 Å². The maximum absolute atomic E-state index is 11.5. The second-order valence-electron chi connectivity index (χ2n) is 6.43. The van der Waals surface area contributed by atoms with Gasteiger partial charge in [0, 0.05) is 6.42 Å². The molecule has 0 unspecified atom stereocenters. The van der Waals surface area contributed by atoms with Crippen LogP contribution in [0.15, 0.2) is 0 Å². The lowest BCUT2D eigenvalue weighted by molar-refractivity contribution is -0.145. The summed E-state index contributed by atoms with van der Waals surface area (Å²) in [5.41, 5.74) is 0. The molecule has 0 N–H and O–H groups in total. The van der Waals surface area contributed by atoms with Gasteiger partial charge in [-0.05, 0) is 20.3 Å². The summed E-state index contributed by atoms with van der Waals surface area (Å²) in [5.74, 6) is -0.0803. The molecule has 3 nitrogen and oxygen atoms in total. The molecule has 132 valence electrons. The van der Waals surface area contributed by atoms with E-state index in [9.17, 15) is 4.79 Å². The largest absolute Gasteiger partial charge is 0.463 e. The Kier molecular flexibility index (Phi) is 16.4. The fourth-order valence-corrected chi connectivity index (χ4v) is 2.45. The average Bonchev–Trinajstić information content (AvgIpc) is 2.49. The summed E-state index contributed by atoms with van der Waals surface area (Å²) in [7, 11) is 0. The van der Waals surface area contributed by atoms with E-state index in [0.717, 1.165) is 12.8 Å². The third-order valence-corrected chi connectivity index (χ3v) is 3.78. The topological polar surface area (TPSA) is 35.5 Å². The number of hydrogen-bond donors (Lipinski definition) is 0. The predicted octanol–water partition coefficient (Wildman–Crippen LogP) is 5.66. The number of esters is 1. The lowest BCUT2D eigenvalue weighted by atomic mass is 10.1. The molecule has 0 radical (unpaired) electrons. The highest BCUT2D eigenvalue weighted by atomic mass is 16.6. The second kappa shape index (κ2) is 16.8. The number of hydrogen-bond acceptors (Lipinski definition) is 3. The van der Waals surface area contributed by atoms with Crippen molar-refractivity contribution in [1.29, 1.82) is 0 Å². The van der Waals surface area contributed by atoms with E-state index in [-0.39, 0.29) is 12.1 Å². The Morgan fingerprint density at radius 2 is 1.27 bits per heavy atom. The number of ether oxygens (including phenoxy) is 2. The van der Waals surface area contributed by atoms with Crippen molar-refractivity contribution in [3.8, 4) is 0 Å². The van der Waals surface area contributed by atoms with Gasteiger partial charge < -0.3 is 9.47 Å². The van der Waals surface area contributed by atoms with Crippen molar-refractivity contribution < 1.29 is 14.3 Å². The number of carbonyl (C=O) groups is 1. The van der Waals surface area contributed by atoms with Gasteiger partial charge >= 0.3 is 5.97 Å². The molecular weight excluding hydrogens is 276 g/mol. The fourth-order valence-electron chi connectivity index (χ4n) is 2.45. The van der Waals surface area contributed by atoms with Crippen LogP contribution in [0.4, 0.5) is 0 Å². The summed E-state index contributed by atoms with van der Waals surface area (Å²) in [6.07, 6.45) is 15.1. The molecule has 0 aromatic carbocycles. The quantitative estimate of drug-likeness (QED) is 0.272. The summed E-state index contributed by atoms with van der Waals surface area (Å²) >= 11 is 0. The van der Waals surface area contributed by atoms with E-state index >= 15 is 0 Å². The highest BCUT2D eigenvalue weighted by Crippen LogP contribution is 2.12. The number of rotatable bonds is 16. The van der Waals surface area contributed by atoms with Crippen LogP contribution in [0.25, 0.3) is 0 Å². The third kappa shape index (κ3) is 17.5. The lowest BCUT2D eigenvalue weighted by Gasteiger charge is -2.08. The van der Waals surface area contributed by atoms with Crippen LogP contribution in [-0.2, 0) is 14.3 Å². The maximum Gasteiger partial charge on any atom is 0.305 e. The van der Waals surface area contributed by atoms with Crippen LogP contribution in [0, 0.1) is 0 Å². The van der Waals surface area contributed by atoms with Crippen molar-refractivity contribution in [1.82, 2.24) is 0 Å². The molecule has 0 saturated heterocycles. The van der Waals surface area contributed by atoms with Gasteiger partial charge in [0.05, 0.1) is 12.7 Å². The van der Waals surface area contributed by atoms with Gasteiger partial charge in [0.25, 0.3) is 0 Å². The molecule has 0 atom stereocenters. The lowest BCUT2D eigenvalue weighted by Crippen LogP contribution is -2.13. The van der Waals surface area contributed by atoms with E-state index in [4.69, 9.17) is 9.47 Å². The molecule has 0 saturated carbocycles. The van der Waals surface area contributed by atoms with Gasteiger partial charge in [-0.25, -0.2) is 0 Å². The van der Waals surface area contributed by atoms with Crippen molar-refractivity contribution in [2.24, 2.45) is 0 Å². The molecular formula is C19H38O3. The van der Waals surface area contributed by atoms with Crippen molar-refractivity contribution in [3.05, 3.63) is 0 Å². The summed E-state index contributed by atoms with van der Waals surface area (Å²) in [6, 6.07) is 0. The molecule has 0 heterocycles. The van der Waals surface area contributed by atoms with E-state index in [1.54, 1.807) is 0 Å². The minimum atomic E-state index is -0.0803. The molecule has 0 fully saturated rings. The second-order valence-corrected chi connectivity index (χ2v) is 6.43. The van der Waals surface area contributed by atoms with Gasteiger partial charge in [-0.15, -0.1) is 0 Å².